The monoisotopic (exact) mass is 312 g/mol. The summed E-state index contributed by atoms with van der Waals surface area (Å²) in [5.41, 5.74) is 1.08. The Morgan fingerprint density at radius 2 is 1.45 bits per heavy atom. The molecule has 0 aromatic carbocycles. The van der Waals surface area contributed by atoms with E-state index >= 15 is 0 Å². The zero-order valence-electron chi connectivity index (χ0n) is 13.5. The average Bonchev–Trinajstić information content (AvgIpc) is 3.02. The molecule has 0 aliphatic carbocycles. The molecule has 0 unspecified atom stereocenters. The lowest BCUT2D eigenvalue weighted by Gasteiger charge is -2.39. The molecule has 6 nitrogen and oxygen atoms in total. The summed E-state index contributed by atoms with van der Waals surface area (Å²) in [5, 5.41) is 0. The van der Waals surface area contributed by atoms with E-state index in [0.29, 0.717) is 6.61 Å². The molecule has 0 amide bonds. The van der Waals surface area contributed by atoms with Crippen LogP contribution >= 0.6 is 0 Å². The van der Waals surface area contributed by atoms with Crippen molar-refractivity contribution in [2.75, 3.05) is 6.61 Å². The molecular weight excluding hydrogens is 288 g/mol. The normalized spacial score (nSPS) is 49.2. The highest BCUT2D eigenvalue weighted by molar-refractivity contribution is 5.09. The third kappa shape index (κ3) is 2.42. The van der Waals surface area contributed by atoms with E-state index < -0.39 is 17.9 Å². The van der Waals surface area contributed by atoms with Gasteiger partial charge in [0.25, 0.3) is 0 Å². The highest BCUT2D eigenvalue weighted by atomic mass is 16.9. The van der Waals surface area contributed by atoms with E-state index in [1.807, 2.05) is 27.7 Å². The summed E-state index contributed by atoms with van der Waals surface area (Å²) < 4.78 is 36.0. The Morgan fingerprint density at radius 1 is 0.864 bits per heavy atom. The van der Waals surface area contributed by atoms with E-state index in [2.05, 4.69) is 6.58 Å². The lowest BCUT2D eigenvalue weighted by atomic mass is 9.94. The maximum atomic E-state index is 6.17. The van der Waals surface area contributed by atoms with Crippen LogP contribution in [0.3, 0.4) is 0 Å². The van der Waals surface area contributed by atoms with Crippen LogP contribution in [0.4, 0.5) is 0 Å². The first-order valence-corrected chi connectivity index (χ1v) is 7.89. The predicted molar refractivity (Wildman–Crippen MR) is 76.0 cm³/mol. The third-order valence-electron chi connectivity index (χ3n) is 4.55. The molecule has 4 saturated heterocycles. The van der Waals surface area contributed by atoms with E-state index in [1.165, 1.54) is 0 Å². The quantitative estimate of drug-likeness (QED) is 0.687. The van der Waals surface area contributed by atoms with Crippen molar-refractivity contribution in [3.8, 4) is 0 Å². The summed E-state index contributed by atoms with van der Waals surface area (Å²) in [6.07, 6.45) is -0.753. The Bertz CT molecular complexity index is 487. The minimum Gasteiger partial charge on any atom is -0.371 e. The van der Waals surface area contributed by atoms with Gasteiger partial charge >= 0.3 is 0 Å². The van der Waals surface area contributed by atoms with E-state index in [4.69, 9.17) is 28.4 Å². The predicted octanol–water partition coefficient (Wildman–Crippen LogP) is 1.73. The minimum absolute atomic E-state index is 0.0780. The SMILES string of the molecule is C=C1CO[C@H]([C@H]2O[C@@H]3OC(C)(C)O[C@@H]3[C@H]3OC(C)(C)O[C@H]32)C1. The molecule has 0 aromatic heterocycles. The van der Waals surface area contributed by atoms with Gasteiger partial charge in [-0.05, 0) is 39.7 Å². The van der Waals surface area contributed by atoms with Crippen molar-refractivity contribution in [3.05, 3.63) is 12.2 Å². The second-order valence-electron chi connectivity index (χ2n) is 7.44. The van der Waals surface area contributed by atoms with Crippen molar-refractivity contribution in [3.63, 3.8) is 0 Å². The summed E-state index contributed by atoms with van der Waals surface area (Å²) in [7, 11) is 0. The molecule has 6 heteroatoms. The van der Waals surface area contributed by atoms with Gasteiger partial charge in [-0.3, -0.25) is 0 Å². The molecule has 0 radical (unpaired) electrons. The second kappa shape index (κ2) is 4.75. The fourth-order valence-corrected chi connectivity index (χ4v) is 3.78. The minimum atomic E-state index is -0.689. The molecule has 4 aliphatic rings. The van der Waals surface area contributed by atoms with Gasteiger partial charge in [-0.1, -0.05) is 6.58 Å². The van der Waals surface area contributed by atoms with Gasteiger partial charge in [0.15, 0.2) is 17.9 Å². The topological polar surface area (TPSA) is 55.4 Å². The fourth-order valence-electron chi connectivity index (χ4n) is 3.78. The van der Waals surface area contributed by atoms with Gasteiger partial charge in [-0.15, -0.1) is 0 Å². The Hall–Kier alpha value is -0.500. The van der Waals surface area contributed by atoms with E-state index in [9.17, 15) is 0 Å². The molecule has 0 aromatic rings. The highest BCUT2D eigenvalue weighted by Gasteiger charge is 2.62. The molecular formula is C16H24O6. The molecule has 4 rings (SSSR count). The van der Waals surface area contributed by atoms with Gasteiger partial charge in [0.05, 0.1) is 12.7 Å². The maximum Gasteiger partial charge on any atom is 0.190 e. The van der Waals surface area contributed by atoms with Gasteiger partial charge in [0.1, 0.15) is 24.4 Å². The van der Waals surface area contributed by atoms with Crippen LogP contribution in [0.15, 0.2) is 12.2 Å². The van der Waals surface area contributed by atoms with Crippen LogP contribution in [0.5, 0.6) is 0 Å². The molecule has 4 fully saturated rings. The smallest absolute Gasteiger partial charge is 0.190 e. The van der Waals surface area contributed by atoms with Crippen molar-refractivity contribution in [2.24, 2.45) is 0 Å². The molecule has 22 heavy (non-hydrogen) atoms. The second-order valence-corrected chi connectivity index (χ2v) is 7.44. The molecule has 124 valence electrons. The van der Waals surface area contributed by atoms with Crippen LogP contribution in [0, 0.1) is 0 Å². The van der Waals surface area contributed by atoms with Crippen LogP contribution in [0.2, 0.25) is 0 Å². The fraction of sp³-hybridized carbons (Fsp3) is 0.875. The Kier molecular flexibility index (Phi) is 3.25. The van der Waals surface area contributed by atoms with E-state index in [1.54, 1.807) is 0 Å². The zero-order valence-corrected chi connectivity index (χ0v) is 13.5. The zero-order chi connectivity index (χ0) is 15.7. The maximum absolute atomic E-state index is 6.17. The van der Waals surface area contributed by atoms with Gasteiger partial charge in [-0.2, -0.15) is 0 Å². The standard InChI is InChI=1S/C16H24O6/c1-8-6-9(17-7-8)10-11-12(20-15(2,3)19-11)13-14(18-10)22-16(4,5)21-13/h9-14H,1,6-7H2,2-5H3/t9-,10+,11-,12-,13+,14+/m0/s1. The van der Waals surface area contributed by atoms with Crippen LogP contribution in [-0.4, -0.2) is 55.0 Å². The molecule has 0 spiro atoms. The summed E-state index contributed by atoms with van der Waals surface area (Å²) >= 11 is 0. The Labute approximate surface area is 130 Å². The molecule has 0 N–H and O–H groups in total. The van der Waals surface area contributed by atoms with Crippen molar-refractivity contribution in [2.45, 2.75) is 82.5 Å². The van der Waals surface area contributed by atoms with Crippen molar-refractivity contribution in [1.82, 2.24) is 0 Å². The Balaban J connectivity index is 1.62. The summed E-state index contributed by atoms with van der Waals surface area (Å²) in [6.45, 7) is 12.2. The number of fused-ring (bicyclic) bond motifs is 3. The lowest BCUT2D eigenvalue weighted by Crippen LogP contribution is -2.58. The van der Waals surface area contributed by atoms with Crippen LogP contribution in [0.25, 0.3) is 0 Å². The molecule has 6 atom stereocenters. The number of hydrogen-bond acceptors (Lipinski definition) is 6. The first kappa shape index (κ1) is 15.1. The largest absolute Gasteiger partial charge is 0.371 e. The van der Waals surface area contributed by atoms with Crippen molar-refractivity contribution >= 4 is 0 Å². The van der Waals surface area contributed by atoms with Crippen molar-refractivity contribution in [1.29, 1.82) is 0 Å². The first-order chi connectivity index (χ1) is 10.2. The van der Waals surface area contributed by atoms with Gasteiger partial charge in [0.2, 0.25) is 0 Å². The highest BCUT2D eigenvalue weighted by Crippen LogP contribution is 2.46. The third-order valence-corrected chi connectivity index (χ3v) is 4.55. The molecule has 0 bridgehead atoms. The molecule has 4 aliphatic heterocycles. The average molecular weight is 312 g/mol. The number of rotatable bonds is 1. The number of hydrogen-bond donors (Lipinski definition) is 0. The molecule has 4 heterocycles. The van der Waals surface area contributed by atoms with Gasteiger partial charge in [0, 0.05) is 0 Å². The van der Waals surface area contributed by atoms with Gasteiger partial charge < -0.3 is 28.4 Å². The first-order valence-electron chi connectivity index (χ1n) is 7.89. The van der Waals surface area contributed by atoms with Gasteiger partial charge in [-0.25, -0.2) is 0 Å². The number of ether oxygens (including phenoxy) is 6. The lowest BCUT2D eigenvalue weighted by molar-refractivity contribution is -0.253. The van der Waals surface area contributed by atoms with Crippen molar-refractivity contribution < 1.29 is 28.4 Å². The van der Waals surface area contributed by atoms with Crippen LogP contribution in [0.1, 0.15) is 34.1 Å². The van der Waals surface area contributed by atoms with Crippen LogP contribution < -0.4 is 0 Å². The molecule has 0 saturated carbocycles. The van der Waals surface area contributed by atoms with E-state index in [0.717, 1.165) is 12.0 Å². The Morgan fingerprint density at radius 3 is 2.09 bits per heavy atom. The summed E-state index contributed by atoms with van der Waals surface area (Å²) in [4.78, 5) is 0. The summed E-state index contributed by atoms with van der Waals surface area (Å²) in [5.74, 6) is -1.36. The van der Waals surface area contributed by atoms with E-state index in [-0.39, 0.29) is 30.5 Å². The van der Waals surface area contributed by atoms with Crippen LogP contribution in [-0.2, 0) is 28.4 Å². The summed E-state index contributed by atoms with van der Waals surface area (Å²) in [6, 6.07) is 0.